The SMILES string of the molecule is C=C(C1CC1)[C@@]1(C(F)(F)F)O[C@@H](CCBr)C(=O)N(Cc2ccc(OC)cc2)c2ccc(Cl)cc21. The van der Waals surface area contributed by atoms with E-state index in [0.29, 0.717) is 23.9 Å². The average Bonchev–Trinajstić information content (AvgIpc) is 3.65. The number of hydrogen-bond acceptors (Lipinski definition) is 3. The van der Waals surface area contributed by atoms with Gasteiger partial charge in [0.05, 0.1) is 19.3 Å². The normalized spacial score (nSPS) is 22.8. The second kappa shape index (κ2) is 9.55. The fraction of sp³-hybridized carbons (Fsp3) is 0.400. The van der Waals surface area contributed by atoms with Crippen molar-refractivity contribution in [2.75, 3.05) is 17.3 Å². The lowest BCUT2D eigenvalue weighted by Gasteiger charge is -2.39. The van der Waals surface area contributed by atoms with E-state index in [-0.39, 0.29) is 40.7 Å². The van der Waals surface area contributed by atoms with E-state index in [4.69, 9.17) is 21.1 Å². The molecule has 0 radical (unpaired) electrons. The third-order valence-corrected chi connectivity index (χ3v) is 6.97. The van der Waals surface area contributed by atoms with Gasteiger partial charge in [0.2, 0.25) is 5.60 Å². The van der Waals surface area contributed by atoms with Crippen molar-refractivity contribution in [2.45, 2.75) is 43.7 Å². The molecule has 9 heteroatoms. The van der Waals surface area contributed by atoms with E-state index >= 15 is 13.2 Å². The summed E-state index contributed by atoms with van der Waals surface area (Å²) in [5.41, 5.74) is -2.29. The minimum absolute atomic E-state index is 0.0590. The maximum absolute atomic E-state index is 15.0. The van der Waals surface area contributed by atoms with Crippen molar-refractivity contribution < 1.29 is 27.4 Å². The molecule has 2 aliphatic rings. The molecule has 0 aromatic heterocycles. The van der Waals surface area contributed by atoms with Gasteiger partial charge in [0.15, 0.2) is 0 Å². The van der Waals surface area contributed by atoms with Crippen LogP contribution in [0.1, 0.15) is 30.4 Å². The van der Waals surface area contributed by atoms with Crippen LogP contribution in [0, 0.1) is 5.92 Å². The largest absolute Gasteiger partial charge is 0.497 e. The van der Waals surface area contributed by atoms with Crippen LogP contribution in [0.3, 0.4) is 0 Å². The average molecular weight is 559 g/mol. The van der Waals surface area contributed by atoms with Crippen LogP contribution in [0.4, 0.5) is 18.9 Å². The quantitative estimate of drug-likeness (QED) is 0.277. The topological polar surface area (TPSA) is 38.8 Å². The molecule has 1 aliphatic heterocycles. The van der Waals surface area contributed by atoms with E-state index in [2.05, 4.69) is 22.5 Å². The Morgan fingerprint density at radius 2 is 1.94 bits per heavy atom. The summed E-state index contributed by atoms with van der Waals surface area (Å²) in [6, 6.07) is 11.2. The first-order valence-corrected chi connectivity index (χ1v) is 12.4. The Balaban J connectivity index is 1.92. The van der Waals surface area contributed by atoms with Crippen LogP contribution in [0.2, 0.25) is 5.02 Å². The Labute approximate surface area is 209 Å². The second-order valence-corrected chi connectivity index (χ2v) is 9.73. The molecule has 1 saturated carbocycles. The Morgan fingerprint density at radius 3 is 2.50 bits per heavy atom. The van der Waals surface area contributed by atoms with Gasteiger partial charge in [-0.2, -0.15) is 13.2 Å². The van der Waals surface area contributed by atoms with Gasteiger partial charge in [-0.3, -0.25) is 4.79 Å². The Hall–Kier alpha value is -2.03. The predicted octanol–water partition coefficient (Wildman–Crippen LogP) is 6.79. The van der Waals surface area contributed by atoms with E-state index in [1.807, 2.05) is 0 Å². The number of benzene rings is 2. The van der Waals surface area contributed by atoms with E-state index in [0.717, 1.165) is 5.56 Å². The fourth-order valence-corrected chi connectivity index (χ4v) is 4.96. The van der Waals surface area contributed by atoms with Gasteiger partial charge in [-0.15, -0.1) is 0 Å². The van der Waals surface area contributed by atoms with Crippen LogP contribution in [0.5, 0.6) is 5.75 Å². The molecule has 1 amide bonds. The van der Waals surface area contributed by atoms with Crippen LogP contribution in [0.25, 0.3) is 0 Å². The van der Waals surface area contributed by atoms with Crippen LogP contribution in [-0.2, 0) is 21.7 Å². The number of alkyl halides is 4. The molecule has 1 fully saturated rings. The van der Waals surface area contributed by atoms with E-state index < -0.39 is 23.8 Å². The van der Waals surface area contributed by atoms with Crippen molar-refractivity contribution in [1.82, 2.24) is 0 Å². The number of methoxy groups -OCH3 is 1. The number of halogens is 5. The highest BCUT2D eigenvalue weighted by Gasteiger charge is 2.65. The Bertz CT molecular complexity index is 1090. The van der Waals surface area contributed by atoms with Gasteiger partial charge in [0.1, 0.15) is 11.9 Å². The molecule has 2 atom stereocenters. The molecule has 0 N–H and O–H groups in total. The molecular weight excluding hydrogens is 535 g/mol. The van der Waals surface area contributed by atoms with Crippen molar-refractivity contribution >= 4 is 39.1 Å². The van der Waals surface area contributed by atoms with Crippen LogP contribution >= 0.6 is 27.5 Å². The molecule has 0 unspecified atom stereocenters. The Kier molecular flexibility index (Phi) is 7.04. The number of amides is 1. The third kappa shape index (κ3) is 4.48. The summed E-state index contributed by atoms with van der Waals surface area (Å²) in [5, 5.41) is 0.413. The predicted molar refractivity (Wildman–Crippen MR) is 129 cm³/mol. The summed E-state index contributed by atoms with van der Waals surface area (Å²) in [6.07, 6.45) is -4.92. The van der Waals surface area contributed by atoms with E-state index in [9.17, 15) is 4.79 Å². The highest BCUT2D eigenvalue weighted by atomic mass is 79.9. The Morgan fingerprint density at radius 1 is 1.26 bits per heavy atom. The smallest absolute Gasteiger partial charge is 0.425 e. The lowest BCUT2D eigenvalue weighted by molar-refractivity contribution is -0.278. The molecule has 0 bridgehead atoms. The zero-order valence-electron chi connectivity index (χ0n) is 18.5. The first-order valence-electron chi connectivity index (χ1n) is 10.9. The van der Waals surface area contributed by atoms with Crippen molar-refractivity contribution in [2.24, 2.45) is 5.92 Å². The first kappa shape index (κ1) is 25.1. The minimum atomic E-state index is -4.85. The third-order valence-electron chi connectivity index (χ3n) is 6.28. The summed E-state index contributed by atoms with van der Waals surface area (Å²) < 4.78 is 56.1. The number of fused-ring (bicyclic) bond motifs is 1. The molecular formula is C25H24BrClF3NO3. The number of hydrogen-bond donors (Lipinski definition) is 0. The van der Waals surface area contributed by atoms with E-state index in [1.165, 1.54) is 23.1 Å². The molecule has 1 aliphatic carbocycles. The molecule has 34 heavy (non-hydrogen) atoms. The van der Waals surface area contributed by atoms with E-state index in [1.54, 1.807) is 31.4 Å². The lowest BCUT2D eigenvalue weighted by Crippen LogP contribution is -2.49. The van der Waals surface area contributed by atoms with Gasteiger partial charge in [0.25, 0.3) is 5.91 Å². The highest BCUT2D eigenvalue weighted by molar-refractivity contribution is 9.09. The summed E-state index contributed by atoms with van der Waals surface area (Å²) in [5.74, 6) is -0.245. The van der Waals surface area contributed by atoms with Crippen LogP contribution in [-0.4, -0.2) is 30.6 Å². The van der Waals surface area contributed by atoms with Gasteiger partial charge >= 0.3 is 6.18 Å². The van der Waals surface area contributed by atoms with Gasteiger partial charge in [-0.1, -0.05) is 46.2 Å². The number of ether oxygens (including phenoxy) is 2. The number of rotatable bonds is 7. The summed E-state index contributed by atoms with van der Waals surface area (Å²) >= 11 is 9.47. The molecule has 0 spiro atoms. The first-order chi connectivity index (χ1) is 16.1. The maximum Gasteiger partial charge on any atom is 0.425 e. The van der Waals surface area contributed by atoms with Gasteiger partial charge in [0, 0.05) is 15.9 Å². The molecule has 4 nitrogen and oxygen atoms in total. The number of anilines is 1. The highest BCUT2D eigenvalue weighted by Crippen LogP contribution is 2.58. The van der Waals surface area contributed by atoms with Crippen molar-refractivity contribution in [1.29, 1.82) is 0 Å². The number of nitrogens with zero attached hydrogens (tertiary/aromatic N) is 1. The minimum Gasteiger partial charge on any atom is -0.497 e. The summed E-state index contributed by atoms with van der Waals surface area (Å²) in [4.78, 5) is 15.0. The molecule has 2 aromatic rings. The van der Waals surface area contributed by atoms with Gasteiger partial charge < -0.3 is 14.4 Å². The van der Waals surface area contributed by atoms with Crippen molar-refractivity contribution in [3.8, 4) is 5.75 Å². The molecule has 2 aromatic carbocycles. The second-order valence-electron chi connectivity index (χ2n) is 8.50. The molecule has 4 rings (SSSR count). The van der Waals surface area contributed by atoms with Crippen molar-refractivity contribution in [3.63, 3.8) is 0 Å². The number of carbonyl (C=O) groups is 1. The summed E-state index contributed by atoms with van der Waals surface area (Å²) in [6.45, 7) is 3.91. The molecule has 182 valence electrons. The van der Waals surface area contributed by atoms with Gasteiger partial charge in [-0.05, 0) is 66.6 Å². The van der Waals surface area contributed by atoms with Crippen LogP contribution in [0.15, 0.2) is 54.6 Å². The maximum atomic E-state index is 15.0. The zero-order chi connectivity index (χ0) is 24.7. The monoisotopic (exact) mass is 557 g/mol. The van der Waals surface area contributed by atoms with Crippen LogP contribution < -0.4 is 9.64 Å². The lowest BCUT2D eigenvalue weighted by atomic mass is 9.82. The standard InChI is InChI=1S/C25H24BrClF3NO3/c1-15(17-5-6-17)24(25(28,29)30)20-13-18(27)7-10-21(20)31(23(32)22(34-24)11-12-26)14-16-3-8-19(33-2)9-4-16/h3-4,7-10,13,17,22H,1,5-6,11-12,14H2,2H3/t22-,24+/m0/s1. The number of carbonyl (C=O) groups excluding carboxylic acids is 1. The zero-order valence-corrected chi connectivity index (χ0v) is 20.8. The van der Waals surface area contributed by atoms with Crippen molar-refractivity contribution in [3.05, 3.63) is 70.8 Å². The molecule has 1 heterocycles. The summed E-state index contributed by atoms with van der Waals surface area (Å²) in [7, 11) is 1.54. The molecule has 0 saturated heterocycles. The fourth-order valence-electron chi connectivity index (χ4n) is 4.37. The van der Waals surface area contributed by atoms with Gasteiger partial charge in [-0.25, -0.2) is 0 Å².